The fourth-order valence-electron chi connectivity index (χ4n) is 3.66. The van der Waals surface area contributed by atoms with E-state index in [0.29, 0.717) is 23.3 Å². The molecule has 2 N–H and O–H groups in total. The Hall–Kier alpha value is -3.51. The van der Waals surface area contributed by atoms with Crippen molar-refractivity contribution in [1.82, 2.24) is 10.3 Å². The molecule has 0 spiro atoms. The Morgan fingerprint density at radius 2 is 1.65 bits per heavy atom. The summed E-state index contributed by atoms with van der Waals surface area (Å²) in [4.78, 5) is 17.1. The van der Waals surface area contributed by atoms with Crippen molar-refractivity contribution in [3.63, 3.8) is 0 Å². The highest BCUT2D eigenvalue weighted by molar-refractivity contribution is 7.80. The molecule has 0 fully saturated rings. The highest BCUT2D eigenvalue weighted by Crippen LogP contribution is 2.28. The number of anilines is 1. The fraction of sp³-hybridized carbons (Fsp3) is 0.250. The quantitative estimate of drug-likeness (QED) is 0.290. The molecule has 0 aliphatic rings. The van der Waals surface area contributed by atoms with Gasteiger partial charge in [-0.15, -0.1) is 0 Å². The summed E-state index contributed by atoms with van der Waals surface area (Å²) in [5.74, 6) is 1.23. The molecule has 1 atom stereocenters. The first-order valence-corrected chi connectivity index (χ1v) is 12.0. The normalized spacial score (nSPS) is 12.0. The van der Waals surface area contributed by atoms with Crippen molar-refractivity contribution in [2.45, 2.75) is 46.0 Å². The number of hydrogen-bond acceptors (Lipinski definition) is 4. The minimum atomic E-state index is -0.243. The van der Waals surface area contributed by atoms with Crippen molar-refractivity contribution in [2.75, 3.05) is 5.32 Å². The summed E-state index contributed by atoms with van der Waals surface area (Å²) >= 11 is 5.32. The summed E-state index contributed by atoms with van der Waals surface area (Å²) in [7, 11) is 0. The van der Waals surface area contributed by atoms with Crippen molar-refractivity contribution >= 4 is 40.0 Å². The SMILES string of the molecule is CCC(C)c1ccc2oc(-c3ccc(NC(=S)NC(=O)c4ccc(C(C)C)cc4)cc3)nc2c1. The average molecular weight is 472 g/mol. The molecule has 1 heterocycles. The largest absolute Gasteiger partial charge is 0.436 e. The lowest BCUT2D eigenvalue weighted by atomic mass is 9.98. The lowest BCUT2D eigenvalue weighted by Gasteiger charge is -2.11. The van der Waals surface area contributed by atoms with E-state index in [2.05, 4.69) is 55.4 Å². The zero-order valence-electron chi connectivity index (χ0n) is 19.9. The summed E-state index contributed by atoms with van der Waals surface area (Å²) in [5.41, 5.74) is 6.28. The van der Waals surface area contributed by atoms with Gasteiger partial charge in [0.1, 0.15) is 5.52 Å². The van der Waals surface area contributed by atoms with E-state index in [1.54, 1.807) is 0 Å². The summed E-state index contributed by atoms with van der Waals surface area (Å²) in [6.45, 7) is 8.63. The molecule has 174 valence electrons. The lowest BCUT2D eigenvalue weighted by molar-refractivity contribution is 0.0977. The zero-order chi connectivity index (χ0) is 24.2. The smallest absolute Gasteiger partial charge is 0.257 e. The van der Waals surface area contributed by atoms with Gasteiger partial charge in [-0.1, -0.05) is 45.9 Å². The standard InChI is InChI=1S/C28H29N3O2S/c1-5-18(4)22-12-15-25-24(16-22)30-27(33-25)21-10-13-23(14-11-21)29-28(34)31-26(32)20-8-6-19(7-9-20)17(2)3/h6-18H,5H2,1-4H3,(H2,29,31,32,34). The minimum Gasteiger partial charge on any atom is -0.436 e. The Kier molecular flexibility index (Phi) is 7.08. The second-order valence-corrected chi connectivity index (χ2v) is 9.23. The van der Waals surface area contributed by atoms with E-state index in [1.165, 1.54) is 11.1 Å². The summed E-state index contributed by atoms with van der Waals surface area (Å²) < 4.78 is 5.95. The Morgan fingerprint density at radius 3 is 2.29 bits per heavy atom. The Morgan fingerprint density at radius 1 is 0.971 bits per heavy atom. The molecular weight excluding hydrogens is 442 g/mol. The molecule has 1 amide bonds. The van der Waals surface area contributed by atoms with Gasteiger partial charge in [-0.05, 0) is 90.1 Å². The van der Waals surface area contributed by atoms with E-state index < -0.39 is 0 Å². The van der Waals surface area contributed by atoms with Crippen LogP contribution in [0.1, 0.15) is 67.4 Å². The van der Waals surface area contributed by atoms with Crippen LogP contribution < -0.4 is 10.6 Å². The van der Waals surface area contributed by atoms with Crippen LogP contribution in [0.25, 0.3) is 22.6 Å². The Balaban J connectivity index is 1.40. The van der Waals surface area contributed by atoms with E-state index in [-0.39, 0.29) is 11.0 Å². The number of amides is 1. The van der Waals surface area contributed by atoms with Gasteiger partial charge in [0.25, 0.3) is 5.91 Å². The topological polar surface area (TPSA) is 67.2 Å². The van der Waals surface area contributed by atoms with Crippen molar-refractivity contribution in [2.24, 2.45) is 0 Å². The molecule has 6 heteroatoms. The van der Waals surface area contributed by atoms with Crippen LogP contribution in [0.15, 0.2) is 71.1 Å². The maximum absolute atomic E-state index is 12.5. The molecule has 1 unspecified atom stereocenters. The summed E-state index contributed by atoms with van der Waals surface area (Å²) in [6, 6.07) is 21.3. The van der Waals surface area contributed by atoms with E-state index in [9.17, 15) is 4.79 Å². The molecule has 0 bridgehead atoms. The van der Waals surface area contributed by atoms with E-state index in [1.807, 2.05) is 54.6 Å². The lowest BCUT2D eigenvalue weighted by Crippen LogP contribution is -2.34. The van der Waals surface area contributed by atoms with Crippen LogP contribution in [0.5, 0.6) is 0 Å². The molecule has 34 heavy (non-hydrogen) atoms. The maximum atomic E-state index is 12.5. The first-order chi connectivity index (χ1) is 16.3. The summed E-state index contributed by atoms with van der Waals surface area (Å²) in [6.07, 6.45) is 1.08. The van der Waals surface area contributed by atoms with Crippen molar-refractivity contribution < 1.29 is 9.21 Å². The molecule has 0 aliphatic carbocycles. The van der Waals surface area contributed by atoms with Gasteiger partial charge in [0.2, 0.25) is 5.89 Å². The first-order valence-electron chi connectivity index (χ1n) is 11.6. The molecule has 5 nitrogen and oxygen atoms in total. The Bertz CT molecular complexity index is 1310. The van der Waals surface area contributed by atoms with Gasteiger partial charge >= 0.3 is 0 Å². The predicted octanol–water partition coefficient (Wildman–Crippen LogP) is 7.26. The number of nitrogens with one attached hydrogen (secondary N) is 2. The molecule has 0 saturated carbocycles. The van der Waals surface area contributed by atoms with Crippen LogP contribution in [0, 0.1) is 0 Å². The molecule has 1 aromatic heterocycles. The number of carbonyl (C=O) groups excluding carboxylic acids is 1. The molecular formula is C28H29N3O2S. The van der Waals surface area contributed by atoms with Gasteiger partial charge in [0.05, 0.1) is 0 Å². The van der Waals surface area contributed by atoms with Gasteiger partial charge < -0.3 is 9.73 Å². The monoisotopic (exact) mass is 471 g/mol. The van der Waals surface area contributed by atoms with Crippen LogP contribution >= 0.6 is 12.2 Å². The van der Waals surface area contributed by atoms with E-state index >= 15 is 0 Å². The number of hydrogen-bond donors (Lipinski definition) is 2. The first kappa shape index (κ1) is 23.6. The number of nitrogens with zero attached hydrogens (tertiary/aromatic N) is 1. The minimum absolute atomic E-state index is 0.241. The van der Waals surface area contributed by atoms with E-state index in [4.69, 9.17) is 16.6 Å². The van der Waals surface area contributed by atoms with Crippen molar-refractivity contribution in [3.05, 3.63) is 83.4 Å². The number of thiocarbonyl (C=S) groups is 1. The van der Waals surface area contributed by atoms with Gasteiger partial charge in [0, 0.05) is 16.8 Å². The van der Waals surface area contributed by atoms with Crippen LogP contribution in [0.2, 0.25) is 0 Å². The van der Waals surface area contributed by atoms with E-state index in [0.717, 1.165) is 28.8 Å². The third kappa shape index (κ3) is 5.34. The molecule has 4 aromatic rings. The molecule has 0 aliphatic heterocycles. The van der Waals surface area contributed by atoms with Gasteiger partial charge in [0.15, 0.2) is 10.7 Å². The molecule has 4 rings (SSSR count). The third-order valence-electron chi connectivity index (χ3n) is 6.05. The Labute approximate surface area is 205 Å². The molecule has 3 aromatic carbocycles. The van der Waals surface area contributed by atoms with Crippen LogP contribution in [-0.4, -0.2) is 16.0 Å². The van der Waals surface area contributed by atoms with Crippen LogP contribution in [0.3, 0.4) is 0 Å². The molecule has 0 saturated heterocycles. The highest BCUT2D eigenvalue weighted by atomic mass is 32.1. The third-order valence-corrected chi connectivity index (χ3v) is 6.25. The number of fused-ring (bicyclic) bond motifs is 1. The van der Waals surface area contributed by atoms with Crippen molar-refractivity contribution in [1.29, 1.82) is 0 Å². The van der Waals surface area contributed by atoms with Crippen LogP contribution in [-0.2, 0) is 0 Å². The van der Waals surface area contributed by atoms with Gasteiger partial charge in [-0.2, -0.15) is 0 Å². The zero-order valence-corrected chi connectivity index (χ0v) is 20.7. The van der Waals surface area contributed by atoms with Gasteiger partial charge in [-0.25, -0.2) is 4.98 Å². The summed E-state index contributed by atoms with van der Waals surface area (Å²) in [5, 5.41) is 6.02. The van der Waals surface area contributed by atoms with Crippen molar-refractivity contribution in [3.8, 4) is 11.5 Å². The maximum Gasteiger partial charge on any atom is 0.257 e. The number of rotatable bonds is 6. The fourth-order valence-corrected chi connectivity index (χ4v) is 3.87. The average Bonchev–Trinajstić information content (AvgIpc) is 3.27. The number of oxazole rings is 1. The second kappa shape index (κ2) is 10.2. The molecule has 0 radical (unpaired) electrons. The number of benzene rings is 3. The predicted molar refractivity (Wildman–Crippen MR) is 142 cm³/mol. The van der Waals surface area contributed by atoms with Gasteiger partial charge in [-0.3, -0.25) is 10.1 Å². The second-order valence-electron chi connectivity index (χ2n) is 8.82. The van der Waals surface area contributed by atoms with Crippen LogP contribution in [0.4, 0.5) is 5.69 Å². The number of aromatic nitrogens is 1. The highest BCUT2D eigenvalue weighted by Gasteiger charge is 2.12. The number of carbonyl (C=O) groups is 1.